The predicted molar refractivity (Wildman–Crippen MR) is 101 cm³/mol. The number of esters is 1. The summed E-state index contributed by atoms with van der Waals surface area (Å²) >= 11 is 7.24. The number of rotatable bonds is 7. The van der Waals surface area contributed by atoms with Gasteiger partial charge >= 0.3 is 5.97 Å². The second-order valence-corrected chi connectivity index (χ2v) is 8.49. The minimum absolute atomic E-state index is 0.0443. The molecule has 7 heteroatoms. The zero-order valence-corrected chi connectivity index (χ0v) is 17.0. The van der Waals surface area contributed by atoms with Crippen LogP contribution in [-0.2, 0) is 14.3 Å². The van der Waals surface area contributed by atoms with Gasteiger partial charge in [0, 0.05) is 10.3 Å². The van der Waals surface area contributed by atoms with E-state index in [9.17, 15) is 14.0 Å². The Hall–Kier alpha value is -1.27. The van der Waals surface area contributed by atoms with E-state index in [0.717, 1.165) is 17.8 Å². The third-order valence-electron chi connectivity index (χ3n) is 3.76. The number of amides is 1. The molecule has 0 aliphatic rings. The number of ether oxygens (including phenoxy) is 1. The Morgan fingerprint density at radius 3 is 2.44 bits per heavy atom. The van der Waals surface area contributed by atoms with E-state index < -0.39 is 16.5 Å². The summed E-state index contributed by atoms with van der Waals surface area (Å²) in [7, 11) is 0. The number of hydrogen-bond acceptors (Lipinski definition) is 4. The summed E-state index contributed by atoms with van der Waals surface area (Å²) in [6, 6.07) is 2.59. The van der Waals surface area contributed by atoms with Gasteiger partial charge in [0.1, 0.15) is 11.1 Å². The van der Waals surface area contributed by atoms with Crippen LogP contribution in [0.1, 0.15) is 48.0 Å². The van der Waals surface area contributed by atoms with Crippen molar-refractivity contribution >= 4 is 40.9 Å². The second-order valence-electron chi connectivity index (χ2n) is 6.70. The van der Waals surface area contributed by atoms with Crippen molar-refractivity contribution in [1.82, 2.24) is 0 Å². The third kappa shape index (κ3) is 6.19. The van der Waals surface area contributed by atoms with Gasteiger partial charge in [0.05, 0.1) is 16.8 Å². The molecule has 0 aliphatic heterocycles. The van der Waals surface area contributed by atoms with Crippen LogP contribution in [0, 0.1) is 11.2 Å². The quantitative estimate of drug-likeness (QED) is 0.508. The lowest BCUT2D eigenvalue weighted by Crippen LogP contribution is -2.30. The SMILES string of the molecule is CCC(C)(C)C(=O)Nc1cc(SC(C)C(=O)OC(C)C)c(Cl)cc1F. The van der Waals surface area contributed by atoms with Gasteiger partial charge in [-0.15, -0.1) is 11.8 Å². The van der Waals surface area contributed by atoms with Crippen LogP contribution in [-0.4, -0.2) is 23.2 Å². The fourth-order valence-electron chi connectivity index (χ4n) is 1.73. The van der Waals surface area contributed by atoms with Crippen LogP contribution in [0.5, 0.6) is 0 Å². The number of carbonyl (C=O) groups is 2. The van der Waals surface area contributed by atoms with E-state index in [0.29, 0.717) is 11.3 Å². The maximum absolute atomic E-state index is 14.2. The van der Waals surface area contributed by atoms with E-state index in [1.807, 2.05) is 6.92 Å². The lowest BCUT2D eigenvalue weighted by molar-refractivity contribution is -0.146. The highest BCUT2D eigenvalue weighted by Gasteiger charge is 2.27. The zero-order chi connectivity index (χ0) is 19.4. The topological polar surface area (TPSA) is 55.4 Å². The van der Waals surface area contributed by atoms with Crippen molar-refractivity contribution in [3.8, 4) is 0 Å². The first-order valence-electron chi connectivity index (χ1n) is 8.15. The summed E-state index contributed by atoms with van der Waals surface area (Å²) in [4.78, 5) is 24.7. The molecule has 0 aromatic heterocycles. The number of thioether (sulfide) groups is 1. The van der Waals surface area contributed by atoms with Crippen LogP contribution in [0.2, 0.25) is 5.02 Å². The van der Waals surface area contributed by atoms with Gasteiger partial charge in [-0.25, -0.2) is 4.39 Å². The highest BCUT2D eigenvalue weighted by atomic mass is 35.5. The largest absolute Gasteiger partial charge is 0.462 e. The van der Waals surface area contributed by atoms with Crippen LogP contribution in [0.15, 0.2) is 17.0 Å². The molecule has 0 bridgehead atoms. The fraction of sp³-hybridized carbons (Fsp3) is 0.556. The van der Waals surface area contributed by atoms with E-state index in [1.165, 1.54) is 6.07 Å². The van der Waals surface area contributed by atoms with Gasteiger partial charge in [0.25, 0.3) is 0 Å². The minimum Gasteiger partial charge on any atom is -0.462 e. The lowest BCUT2D eigenvalue weighted by Gasteiger charge is -2.22. The molecule has 4 nitrogen and oxygen atoms in total. The average molecular weight is 390 g/mol. The summed E-state index contributed by atoms with van der Waals surface area (Å²) < 4.78 is 19.3. The molecule has 0 saturated carbocycles. The van der Waals surface area contributed by atoms with Crippen molar-refractivity contribution in [1.29, 1.82) is 0 Å². The molecule has 1 aromatic carbocycles. The van der Waals surface area contributed by atoms with Crippen LogP contribution < -0.4 is 5.32 Å². The number of halogens is 2. The predicted octanol–water partition coefficient (Wildman–Crippen LogP) is 5.29. The Bertz CT molecular complexity index is 649. The molecule has 1 rings (SSSR count). The number of hydrogen-bond donors (Lipinski definition) is 1. The lowest BCUT2D eigenvalue weighted by atomic mass is 9.89. The molecule has 1 unspecified atom stereocenters. The zero-order valence-electron chi connectivity index (χ0n) is 15.4. The molecule has 25 heavy (non-hydrogen) atoms. The third-order valence-corrected chi connectivity index (χ3v) is 5.32. The standard InChI is InChI=1S/C18H25ClFNO3S/c1-7-18(5,6)17(23)21-14-9-15(12(19)8-13(14)20)25-11(4)16(22)24-10(2)3/h8-11H,7H2,1-6H3,(H,21,23). The van der Waals surface area contributed by atoms with Crippen molar-refractivity contribution < 1.29 is 18.7 Å². The Kier molecular flexibility index (Phi) is 7.75. The Labute approximate surface area is 157 Å². The first-order valence-corrected chi connectivity index (χ1v) is 9.41. The second kappa shape index (κ2) is 8.90. The number of nitrogens with one attached hydrogen (secondary N) is 1. The van der Waals surface area contributed by atoms with Gasteiger partial charge in [0.2, 0.25) is 5.91 Å². The molecular formula is C18H25ClFNO3S. The van der Waals surface area contributed by atoms with E-state index >= 15 is 0 Å². The van der Waals surface area contributed by atoms with Crippen molar-refractivity contribution in [2.45, 2.75) is 64.2 Å². The summed E-state index contributed by atoms with van der Waals surface area (Å²) in [5.41, 5.74) is -0.573. The molecule has 140 valence electrons. The smallest absolute Gasteiger partial charge is 0.319 e. The monoisotopic (exact) mass is 389 g/mol. The normalized spacial score (nSPS) is 12.8. The highest BCUT2D eigenvalue weighted by molar-refractivity contribution is 8.00. The van der Waals surface area contributed by atoms with Crippen molar-refractivity contribution in [3.05, 3.63) is 23.0 Å². The van der Waals surface area contributed by atoms with Gasteiger partial charge in [-0.05, 0) is 39.3 Å². The van der Waals surface area contributed by atoms with E-state index in [-0.39, 0.29) is 28.7 Å². The maximum Gasteiger partial charge on any atom is 0.319 e. The fourth-order valence-corrected chi connectivity index (χ4v) is 2.91. The molecule has 0 spiro atoms. The number of benzene rings is 1. The van der Waals surface area contributed by atoms with E-state index in [4.69, 9.17) is 16.3 Å². The van der Waals surface area contributed by atoms with Gasteiger partial charge in [0.15, 0.2) is 0 Å². The van der Waals surface area contributed by atoms with Crippen molar-refractivity contribution in [2.24, 2.45) is 5.41 Å². The summed E-state index contributed by atoms with van der Waals surface area (Å²) in [6.45, 7) is 10.7. The van der Waals surface area contributed by atoms with Gasteiger partial charge < -0.3 is 10.1 Å². The molecule has 0 heterocycles. The van der Waals surface area contributed by atoms with Gasteiger partial charge in [-0.1, -0.05) is 32.4 Å². The van der Waals surface area contributed by atoms with Crippen LogP contribution >= 0.6 is 23.4 Å². The Morgan fingerprint density at radius 2 is 1.92 bits per heavy atom. The van der Waals surface area contributed by atoms with E-state index in [1.54, 1.807) is 34.6 Å². The average Bonchev–Trinajstić information content (AvgIpc) is 2.50. The molecule has 0 aliphatic carbocycles. The summed E-state index contributed by atoms with van der Waals surface area (Å²) in [6.07, 6.45) is 0.402. The minimum atomic E-state index is -0.619. The summed E-state index contributed by atoms with van der Waals surface area (Å²) in [5, 5.41) is 2.27. The van der Waals surface area contributed by atoms with Gasteiger partial charge in [-0.2, -0.15) is 0 Å². The number of anilines is 1. The van der Waals surface area contributed by atoms with Crippen LogP contribution in [0.3, 0.4) is 0 Å². The van der Waals surface area contributed by atoms with Crippen molar-refractivity contribution in [2.75, 3.05) is 5.32 Å². The molecule has 0 radical (unpaired) electrons. The highest BCUT2D eigenvalue weighted by Crippen LogP contribution is 2.35. The molecule has 1 aromatic rings. The van der Waals surface area contributed by atoms with Crippen LogP contribution in [0.25, 0.3) is 0 Å². The molecule has 1 amide bonds. The maximum atomic E-state index is 14.2. The van der Waals surface area contributed by atoms with Gasteiger partial charge in [-0.3, -0.25) is 9.59 Å². The Morgan fingerprint density at radius 1 is 1.32 bits per heavy atom. The molecule has 0 saturated heterocycles. The van der Waals surface area contributed by atoms with Crippen LogP contribution in [0.4, 0.5) is 10.1 Å². The Balaban J connectivity index is 3.00. The molecule has 1 atom stereocenters. The van der Waals surface area contributed by atoms with Crippen molar-refractivity contribution in [3.63, 3.8) is 0 Å². The first-order chi connectivity index (χ1) is 11.5. The first kappa shape index (κ1) is 21.8. The molecule has 0 fully saturated rings. The molecular weight excluding hydrogens is 365 g/mol. The number of carbonyl (C=O) groups excluding carboxylic acids is 2. The summed E-state index contributed by atoms with van der Waals surface area (Å²) in [5.74, 6) is -1.27. The van der Waals surface area contributed by atoms with E-state index in [2.05, 4.69) is 5.32 Å². The molecule has 1 N–H and O–H groups in total.